The van der Waals surface area contributed by atoms with E-state index in [9.17, 15) is 14.6 Å². The van der Waals surface area contributed by atoms with E-state index in [4.69, 9.17) is 5.73 Å². The van der Waals surface area contributed by atoms with Crippen LogP contribution in [-0.4, -0.2) is 10.2 Å². The molecule has 78 valence electrons. The molecule has 0 bridgehead atoms. The number of benzene rings is 1. The van der Waals surface area contributed by atoms with Crippen molar-refractivity contribution in [1.29, 1.82) is 0 Å². The summed E-state index contributed by atoms with van der Waals surface area (Å²) >= 11 is 3.08. The molecule has 0 aromatic heterocycles. The van der Waals surface area contributed by atoms with E-state index >= 15 is 0 Å². The van der Waals surface area contributed by atoms with Gasteiger partial charge in [-0.25, -0.2) is 4.39 Å². The van der Waals surface area contributed by atoms with Crippen molar-refractivity contribution in [3.8, 4) is 11.5 Å². The molecule has 0 aliphatic heterocycles. The van der Waals surface area contributed by atoms with Crippen LogP contribution < -0.4 is 5.73 Å². The topological polar surface area (TPSA) is 66.5 Å². The number of hydrogen-bond donors (Lipinski definition) is 3. The van der Waals surface area contributed by atoms with Gasteiger partial charge in [-0.3, -0.25) is 0 Å². The Bertz CT molecular complexity index is 374. The Balaban J connectivity index is 3.53. The third-order valence-corrected chi connectivity index (χ3v) is 2.45. The van der Waals surface area contributed by atoms with Crippen molar-refractivity contribution in [2.75, 3.05) is 0 Å². The van der Waals surface area contributed by atoms with Gasteiger partial charge in [0, 0.05) is 15.6 Å². The number of phenols is 2. The van der Waals surface area contributed by atoms with Gasteiger partial charge in [0.1, 0.15) is 0 Å². The molecule has 0 aliphatic carbocycles. The van der Waals surface area contributed by atoms with Crippen LogP contribution in [0.4, 0.5) is 4.39 Å². The number of halogens is 2. The first kappa shape index (κ1) is 11.3. The minimum absolute atomic E-state index is 0.274. The third kappa shape index (κ3) is 1.83. The molecule has 1 rings (SSSR count). The van der Waals surface area contributed by atoms with Crippen LogP contribution >= 0.6 is 15.9 Å². The van der Waals surface area contributed by atoms with E-state index in [0.29, 0.717) is 4.47 Å². The summed E-state index contributed by atoms with van der Waals surface area (Å²) in [5.74, 6) is -2.19. The Morgan fingerprint density at radius 2 is 1.86 bits per heavy atom. The first-order valence-electron chi connectivity index (χ1n) is 3.94. The summed E-state index contributed by atoms with van der Waals surface area (Å²) in [4.78, 5) is 0. The van der Waals surface area contributed by atoms with Crippen LogP contribution in [0.5, 0.6) is 11.5 Å². The largest absolute Gasteiger partial charge is 0.504 e. The lowest BCUT2D eigenvalue weighted by Gasteiger charge is -2.22. The molecule has 0 atom stereocenters. The van der Waals surface area contributed by atoms with Gasteiger partial charge in [-0.1, -0.05) is 15.9 Å². The zero-order valence-electron chi connectivity index (χ0n) is 7.81. The summed E-state index contributed by atoms with van der Waals surface area (Å²) in [6.45, 7) is 3.29. The van der Waals surface area contributed by atoms with E-state index in [1.54, 1.807) is 13.8 Å². The summed E-state index contributed by atoms with van der Waals surface area (Å²) in [6.07, 6.45) is 0. The molecule has 0 amide bonds. The smallest absolute Gasteiger partial charge is 0.194 e. The van der Waals surface area contributed by atoms with Gasteiger partial charge in [0.2, 0.25) is 0 Å². The molecule has 5 heteroatoms. The summed E-state index contributed by atoms with van der Waals surface area (Å²) in [6, 6.07) is 1.07. The fourth-order valence-electron chi connectivity index (χ4n) is 1.21. The van der Waals surface area contributed by atoms with Gasteiger partial charge < -0.3 is 15.9 Å². The molecule has 1 aromatic rings. The minimum Gasteiger partial charge on any atom is -0.504 e. The first-order chi connectivity index (χ1) is 6.25. The van der Waals surface area contributed by atoms with Crippen molar-refractivity contribution in [3.05, 3.63) is 21.9 Å². The zero-order valence-corrected chi connectivity index (χ0v) is 9.39. The van der Waals surface area contributed by atoms with Crippen molar-refractivity contribution in [2.24, 2.45) is 5.73 Å². The lowest BCUT2D eigenvalue weighted by molar-refractivity contribution is 0.364. The number of aromatic hydroxyl groups is 2. The Morgan fingerprint density at radius 3 is 2.29 bits per heavy atom. The Morgan fingerprint density at radius 1 is 1.36 bits per heavy atom. The average Bonchev–Trinajstić information content (AvgIpc) is 1.97. The van der Waals surface area contributed by atoms with Crippen LogP contribution in [0.2, 0.25) is 0 Å². The Labute approximate surface area is 89.5 Å². The molecule has 0 saturated heterocycles. The molecule has 1 aromatic carbocycles. The number of rotatable bonds is 1. The highest BCUT2D eigenvalue weighted by molar-refractivity contribution is 9.10. The SMILES string of the molecule is CC(C)(N)c1c(Br)cc(F)c(O)c1O. The highest BCUT2D eigenvalue weighted by Crippen LogP contribution is 2.41. The maximum Gasteiger partial charge on any atom is 0.194 e. The maximum absolute atomic E-state index is 12.9. The fourth-order valence-corrected chi connectivity index (χ4v) is 2.11. The molecule has 0 saturated carbocycles. The van der Waals surface area contributed by atoms with Crippen molar-refractivity contribution < 1.29 is 14.6 Å². The van der Waals surface area contributed by atoms with Crippen LogP contribution in [0.3, 0.4) is 0 Å². The maximum atomic E-state index is 12.9. The van der Waals surface area contributed by atoms with Gasteiger partial charge in [0.25, 0.3) is 0 Å². The molecule has 0 heterocycles. The molecule has 14 heavy (non-hydrogen) atoms. The molecule has 0 radical (unpaired) electrons. The van der Waals surface area contributed by atoms with E-state index in [1.807, 2.05) is 0 Å². The molecule has 3 nitrogen and oxygen atoms in total. The molecule has 0 spiro atoms. The molecule has 0 fully saturated rings. The van der Waals surface area contributed by atoms with Gasteiger partial charge in [0.15, 0.2) is 17.3 Å². The zero-order chi connectivity index (χ0) is 11.1. The monoisotopic (exact) mass is 263 g/mol. The van der Waals surface area contributed by atoms with E-state index in [2.05, 4.69) is 15.9 Å². The summed E-state index contributed by atoms with van der Waals surface area (Å²) in [5.41, 5.74) is 5.16. The summed E-state index contributed by atoms with van der Waals surface area (Å²) in [5, 5.41) is 18.7. The fraction of sp³-hybridized carbons (Fsp3) is 0.333. The van der Waals surface area contributed by atoms with Crippen LogP contribution in [0.15, 0.2) is 10.5 Å². The van der Waals surface area contributed by atoms with Crippen molar-refractivity contribution >= 4 is 15.9 Å². The van der Waals surface area contributed by atoms with Crippen LogP contribution in [0.25, 0.3) is 0 Å². The van der Waals surface area contributed by atoms with Crippen LogP contribution in [-0.2, 0) is 5.54 Å². The lowest BCUT2D eigenvalue weighted by atomic mass is 9.94. The highest BCUT2D eigenvalue weighted by atomic mass is 79.9. The second-order valence-electron chi connectivity index (χ2n) is 3.63. The lowest BCUT2D eigenvalue weighted by Crippen LogP contribution is -2.29. The van der Waals surface area contributed by atoms with Crippen molar-refractivity contribution in [3.63, 3.8) is 0 Å². The van der Waals surface area contributed by atoms with E-state index < -0.39 is 22.9 Å². The Hall–Kier alpha value is -0.810. The standard InChI is InChI=1S/C9H11BrFNO2/c1-9(2,12)6-4(10)3-5(11)7(13)8(6)14/h3,13-14H,12H2,1-2H3. The second-order valence-corrected chi connectivity index (χ2v) is 4.49. The number of hydrogen-bond acceptors (Lipinski definition) is 3. The molecule has 4 N–H and O–H groups in total. The third-order valence-electron chi connectivity index (χ3n) is 1.82. The predicted molar refractivity (Wildman–Crippen MR) is 54.6 cm³/mol. The summed E-state index contributed by atoms with van der Waals surface area (Å²) in [7, 11) is 0. The van der Waals surface area contributed by atoms with E-state index in [1.165, 1.54) is 0 Å². The highest BCUT2D eigenvalue weighted by Gasteiger charge is 2.26. The van der Waals surface area contributed by atoms with E-state index in [-0.39, 0.29) is 5.56 Å². The predicted octanol–water partition coefficient (Wildman–Crippen LogP) is 2.19. The van der Waals surface area contributed by atoms with E-state index in [0.717, 1.165) is 6.07 Å². The van der Waals surface area contributed by atoms with Crippen molar-refractivity contribution in [2.45, 2.75) is 19.4 Å². The molecular formula is C9H11BrFNO2. The molecule has 0 aliphatic rings. The van der Waals surface area contributed by atoms with Crippen LogP contribution in [0.1, 0.15) is 19.4 Å². The number of nitrogens with two attached hydrogens (primary N) is 1. The average molecular weight is 264 g/mol. The molecule has 0 unspecified atom stereocenters. The van der Waals surface area contributed by atoms with Gasteiger partial charge in [-0.2, -0.15) is 0 Å². The number of phenolic OH excluding ortho intramolecular Hbond substituents is 2. The first-order valence-corrected chi connectivity index (χ1v) is 4.73. The minimum atomic E-state index is -0.887. The quantitative estimate of drug-likeness (QED) is 0.681. The molecular weight excluding hydrogens is 253 g/mol. The second kappa shape index (κ2) is 3.40. The van der Waals surface area contributed by atoms with Gasteiger partial charge in [-0.15, -0.1) is 0 Å². The normalized spacial score (nSPS) is 11.8. The van der Waals surface area contributed by atoms with Crippen LogP contribution in [0, 0.1) is 5.82 Å². The van der Waals surface area contributed by atoms with Gasteiger partial charge in [-0.05, 0) is 19.9 Å². The Kier molecular flexibility index (Phi) is 2.74. The van der Waals surface area contributed by atoms with Gasteiger partial charge in [0.05, 0.1) is 0 Å². The summed E-state index contributed by atoms with van der Waals surface area (Å²) < 4.78 is 13.3. The van der Waals surface area contributed by atoms with Crippen molar-refractivity contribution in [1.82, 2.24) is 0 Å². The van der Waals surface area contributed by atoms with Gasteiger partial charge >= 0.3 is 0 Å².